The molecule has 0 spiro atoms. The van der Waals surface area contributed by atoms with Crippen molar-refractivity contribution >= 4 is 23.9 Å². The topological polar surface area (TPSA) is 175 Å². The molecule has 6 unspecified atom stereocenters. The summed E-state index contributed by atoms with van der Waals surface area (Å²) in [7, 11) is 0. The van der Waals surface area contributed by atoms with E-state index in [1.54, 1.807) is 0 Å². The van der Waals surface area contributed by atoms with Crippen LogP contribution in [0.15, 0.2) is 109 Å². The highest BCUT2D eigenvalue weighted by atomic mass is 16.7. The van der Waals surface area contributed by atoms with E-state index in [0.717, 1.165) is 148 Å². The summed E-state index contributed by atoms with van der Waals surface area (Å²) in [6.07, 6.45) is 68.9. The molecule has 484 valence electrons. The highest BCUT2D eigenvalue weighted by Crippen LogP contribution is 2.27. The molecule has 1 heterocycles. The van der Waals surface area contributed by atoms with Crippen LogP contribution in [0.25, 0.3) is 0 Å². The van der Waals surface area contributed by atoms with E-state index in [2.05, 4.69) is 130 Å². The minimum absolute atomic E-state index is 0.0497. The molecule has 1 fully saturated rings. The third-order valence-corrected chi connectivity index (χ3v) is 14.8. The van der Waals surface area contributed by atoms with Gasteiger partial charge < -0.3 is 39.0 Å². The Balaban J connectivity index is 2.67. The zero-order valence-corrected chi connectivity index (χ0v) is 53.6. The number of esters is 3. The van der Waals surface area contributed by atoms with Crippen LogP contribution in [0.5, 0.6) is 0 Å². The molecule has 0 saturated carbocycles. The number of rotatable bonds is 57. The van der Waals surface area contributed by atoms with Crippen LogP contribution in [0.2, 0.25) is 0 Å². The first-order chi connectivity index (χ1) is 41.6. The summed E-state index contributed by atoms with van der Waals surface area (Å²) in [5.41, 5.74) is 0. The fraction of sp³-hybridized carbons (Fsp3) is 0.699. The van der Waals surface area contributed by atoms with Crippen molar-refractivity contribution in [2.24, 2.45) is 0 Å². The molecular weight excluding hydrogens is 1070 g/mol. The van der Waals surface area contributed by atoms with Gasteiger partial charge in [0.15, 0.2) is 24.6 Å². The molecular formula is C73H120O12. The van der Waals surface area contributed by atoms with E-state index in [1.165, 1.54) is 70.6 Å². The lowest BCUT2D eigenvalue weighted by Gasteiger charge is -2.40. The predicted octanol–water partition coefficient (Wildman–Crippen LogP) is 18.6. The van der Waals surface area contributed by atoms with Crippen LogP contribution in [0.3, 0.4) is 0 Å². The lowest BCUT2D eigenvalue weighted by molar-refractivity contribution is -0.301. The number of carboxylic acid groups (broad SMARTS) is 1. The van der Waals surface area contributed by atoms with Gasteiger partial charge in [-0.2, -0.15) is 0 Å². The Morgan fingerprint density at radius 3 is 1.14 bits per heavy atom. The predicted molar refractivity (Wildman–Crippen MR) is 349 cm³/mol. The first-order valence-electron chi connectivity index (χ1n) is 33.9. The van der Waals surface area contributed by atoms with Crippen LogP contribution < -0.4 is 0 Å². The van der Waals surface area contributed by atoms with E-state index in [9.17, 15) is 34.5 Å². The Morgan fingerprint density at radius 2 is 0.741 bits per heavy atom. The third-order valence-electron chi connectivity index (χ3n) is 14.8. The molecule has 0 radical (unpaired) electrons. The average Bonchev–Trinajstić information content (AvgIpc) is 3.51. The maximum atomic E-state index is 13.2. The number of aliphatic hydroxyl groups excluding tert-OH is 2. The van der Waals surface area contributed by atoms with Gasteiger partial charge in [-0.25, -0.2) is 4.79 Å². The van der Waals surface area contributed by atoms with Gasteiger partial charge in [-0.1, -0.05) is 246 Å². The number of carbonyl (C=O) groups is 4. The fourth-order valence-electron chi connectivity index (χ4n) is 9.70. The maximum Gasteiger partial charge on any atom is 0.335 e. The fourth-order valence-corrected chi connectivity index (χ4v) is 9.70. The number of carboxylic acids is 1. The molecule has 0 aromatic heterocycles. The summed E-state index contributed by atoms with van der Waals surface area (Å²) in [5, 5.41) is 31.7. The summed E-state index contributed by atoms with van der Waals surface area (Å²) in [4.78, 5) is 51.4. The molecule has 0 aromatic carbocycles. The molecule has 0 aromatic rings. The summed E-state index contributed by atoms with van der Waals surface area (Å²) in [6.45, 7) is 5.76. The minimum atomic E-state index is -1.92. The van der Waals surface area contributed by atoms with Crippen LogP contribution in [0.4, 0.5) is 0 Å². The van der Waals surface area contributed by atoms with Gasteiger partial charge in [-0.05, 0) is 122 Å². The molecule has 1 aliphatic rings. The summed E-state index contributed by atoms with van der Waals surface area (Å²) < 4.78 is 28.6. The Labute approximate surface area is 516 Å². The van der Waals surface area contributed by atoms with Gasteiger partial charge >= 0.3 is 23.9 Å². The van der Waals surface area contributed by atoms with Crippen molar-refractivity contribution in [2.45, 2.75) is 314 Å². The van der Waals surface area contributed by atoms with Crippen molar-refractivity contribution in [1.29, 1.82) is 0 Å². The number of allylic oxidation sites excluding steroid dienone is 18. The van der Waals surface area contributed by atoms with Gasteiger partial charge in [-0.3, -0.25) is 14.4 Å². The van der Waals surface area contributed by atoms with Gasteiger partial charge in [0, 0.05) is 19.3 Å². The summed E-state index contributed by atoms with van der Waals surface area (Å²) >= 11 is 0. The lowest BCUT2D eigenvalue weighted by Crippen LogP contribution is -2.61. The molecule has 12 nitrogen and oxygen atoms in total. The molecule has 6 atom stereocenters. The molecule has 85 heavy (non-hydrogen) atoms. The van der Waals surface area contributed by atoms with Crippen LogP contribution in [-0.2, 0) is 42.9 Å². The Kier molecular flexibility index (Phi) is 55.1. The SMILES string of the molecule is CC/C=C\C/C=C\C/C=C\C/C=C\CCCCCCCCC(=O)OCC(COC1OC(C(=O)O)C(O)C(O)C1OC(=O)CCCCCCCCCCC/C=C\CCCCCCCC)OC(=O)CCCCCC/C=C\C/C=C\C/C=C\C/C=C\CC. The highest BCUT2D eigenvalue weighted by molar-refractivity contribution is 5.74. The Morgan fingerprint density at radius 1 is 0.400 bits per heavy atom. The third kappa shape index (κ3) is 49.1. The molecule has 3 N–H and O–H groups in total. The number of hydrogen-bond donors (Lipinski definition) is 3. The molecule has 1 rings (SSSR count). The van der Waals surface area contributed by atoms with E-state index < -0.39 is 67.3 Å². The van der Waals surface area contributed by atoms with Crippen LogP contribution in [-0.4, -0.2) is 89.2 Å². The van der Waals surface area contributed by atoms with Gasteiger partial charge in [0.05, 0.1) is 6.61 Å². The largest absolute Gasteiger partial charge is 0.479 e. The van der Waals surface area contributed by atoms with Crippen LogP contribution >= 0.6 is 0 Å². The normalized spacial score (nSPS) is 18.2. The second-order valence-corrected chi connectivity index (χ2v) is 22.7. The smallest absolute Gasteiger partial charge is 0.335 e. The second kappa shape index (κ2) is 59.7. The van der Waals surface area contributed by atoms with Gasteiger partial charge in [-0.15, -0.1) is 0 Å². The van der Waals surface area contributed by atoms with Crippen molar-refractivity contribution in [2.75, 3.05) is 13.2 Å². The second-order valence-electron chi connectivity index (χ2n) is 22.7. The standard InChI is InChI=1S/C73H120O12/c1-4-7-10-13-16-19-22-25-28-31-33-36-38-41-44-47-50-53-56-59-65(74)81-62-64(83-66(75)60-57-54-51-48-45-42-39-35-30-27-24-21-18-15-12-9-6-3)63-82-73-71(69(78)68(77)70(85-73)72(79)80)84-67(76)61-58-55-52-49-46-43-40-37-34-32-29-26-23-20-17-14-11-8-5-2/h7,9-10,12,16,18-19,21,25-30,33,36,39,42,64,68-71,73,77-78H,4-6,8,11,13-15,17,20,22-24,31-32,34-35,37-38,40-41,43-63H2,1-3H3,(H,79,80)/b10-7-,12-9-,19-16-,21-18-,28-25-,29-26-,30-27-,36-33-,42-39-. The summed E-state index contributed by atoms with van der Waals surface area (Å²) in [5.74, 6) is -3.17. The van der Waals surface area contributed by atoms with Crippen molar-refractivity contribution in [1.82, 2.24) is 0 Å². The van der Waals surface area contributed by atoms with E-state index >= 15 is 0 Å². The van der Waals surface area contributed by atoms with E-state index in [0.29, 0.717) is 19.3 Å². The molecule has 0 bridgehead atoms. The van der Waals surface area contributed by atoms with Crippen LogP contribution in [0, 0.1) is 0 Å². The first-order valence-corrected chi connectivity index (χ1v) is 33.9. The number of aliphatic hydroxyl groups is 2. The van der Waals surface area contributed by atoms with Crippen LogP contribution in [0.1, 0.15) is 278 Å². The van der Waals surface area contributed by atoms with E-state index in [4.69, 9.17) is 23.7 Å². The number of unbranched alkanes of at least 4 members (excludes halogenated alkanes) is 25. The number of hydrogen-bond acceptors (Lipinski definition) is 11. The van der Waals surface area contributed by atoms with Gasteiger partial charge in [0.1, 0.15) is 18.8 Å². The minimum Gasteiger partial charge on any atom is -0.479 e. The highest BCUT2D eigenvalue weighted by Gasteiger charge is 2.50. The lowest BCUT2D eigenvalue weighted by atomic mass is 9.98. The summed E-state index contributed by atoms with van der Waals surface area (Å²) in [6, 6.07) is 0. The first kappa shape index (κ1) is 78.4. The monoisotopic (exact) mass is 1190 g/mol. The Bertz CT molecular complexity index is 1890. The number of ether oxygens (including phenoxy) is 5. The zero-order chi connectivity index (χ0) is 61.7. The van der Waals surface area contributed by atoms with Gasteiger partial charge in [0.2, 0.25) is 0 Å². The number of aliphatic carboxylic acids is 1. The molecule has 0 amide bonds. The average molecular weight is 1190 g/mol. The zero-order valence-electron chi connectivity index (χ0n) is 53.6. The van der Waals surface area contributed by atoms with Crippen molar-refractivity contribution in [3.63, 3.8) is 0 Å². The van der Waals surface area contributed by atoms with Crippen molar-refractivity contribution < 1.29 is 58.2 Å². The van der Waals surface area contributed by atoms with Gasteiger partial charge in [0.25, 0.3) is 0 Å². The molecule has 1 aliphatic heterocycles. The maximum absolute atomic E-state index is 13.2. The molecule has 12 heteroatoms. The number of carbonyl (C=O) groups excluding carboxylic acids is 3. The van der Waals surface area contributed by atoms with Crippen molar-refractivity contribution in [3.8, 4) is 0 Å². The van der Waals surface area contributed by atoms with Crippen molar-refractivity contribution in [3.05, 3.63) is 109 Å². The van der Waals surface area contributed by atoms with E-state index in [1.807, 2.05) is 0 Å². The quantitative estimate of drug-likeness (QED) is 0.0228. The molecule has 0 aliphatic carbocycles. The molecule has 1 saturated heterocycles. The van der Waals surface area contributed by atoms with E-state index in [-0.39, 0.29) is 25.9 Å². The Hall–Kier alpha value is -4.62.